The minimum absolute atomic E-state index is 0.0326. The van der Waals surface area contributed by atoms with Crippen molar-refractivity contribution < 1.29 is 31.4 Å². The topological polar surface area (TPSA) is 87.4 Å². The summed E-state index contributed by atoms with van der Waals surface area (Å²) in [5, 5.41) is 18.8. The zero-order chi connectivity index (χ0) is 19.3. The Morgan fingerprint density at radius 2 is 2.00 bits per heavy atom. The number of sulfone groups is 1. The molecule has 3 rings (SSSR count). The molecule has 26 heavy (non-hydrogen) atoms. The number of nitriles is 1. The van der Waals surface area contributed by atoms with Gasteiger partial charge in [-0.05, 0) is 24.3 Å². The third kappa shape index (κ3) is 3.13. The monoisotopic (exact) mass is 383 g/mol. The number of aliphatic hydroxyl groups is 1. The number of ether oxygens (including phenoxy) is 1. The molecule has 0 radical (unpaired) electrons. The predicted molar refractivity (Wildman–Crippen MR) is 84.4 cm³/mol. The number of alkyl halides is 2. The summed E-state index contributed by atoms with van der Waals surface area (Å²) in [6.45, 7) is 0. The van der Waals surface area contributed by atoms with Gasteiger partial charge in [-0.1, -0.05) is 0 Å². The highest BCUT2D eigenvalue weighted by Crippen LogP contribution is 2.49. The van der Waals surface area contributed by atoms with E-state index in [1.54, 1.807) is 6.07 Å². The highest BCUT2D eigenvalue weighted by atomic mass is 32.2. The number of hydrogen-bond acceptors (Lipinski definition) is 5. The van der Waals surface area contributed by atoms with Crippen LogP contribution in [0.4, 0.5) is 13.2 Å². The molecule has 1 aliphatic carbocycles. The normalized spacial score (nSPS) is 18.2. The van der Waals surface area contributed by atoms with Crippen LogP contribution in [0.3, 0.4) is 0 Å². The molecule has 2 aromatic carbocycles. The van der Waals surface area contributed by atoms with Crippen molar-refractivity contribution in [2.45, 2.75) is 23.3 Å². The molecule has 0 unspecified atom stereocenters. The number of nitrogens with zero attached hydrogens (tertiary/aromatic N) is 1. The summed E-state index contributed by atoms with van der Waals surface area (Å²) in [4.78, 5) is -0.415. The lowest BCUT2D eigenvalue weighted by Gasteiger charge is -2.15. The molecule has 0 heterocycles. The summed E-state index contributed by atoms with van der Waals surface area (Å²) in [6.07, 6.45) is -2.38. The Morgan fingerprint density at radius 3 is 2.62 bits per heavy atom. The molecule has 136 valence electrons. The van der Waals surface area contributed by atoms with Crippen molar-refractivity contribution >= 4 is 9.84 Å². The maximum atomic E-state index is 14.0. The van der Waals surface area contributed by atoms with Gasteiger partial charge in [0, 0.05) is 29.9 Å². The standard InChI is InChI=1S/C17H12F3NO4S/c1-26(23,24)14-3-2-13(12-7-17(19,20)16(22)15(12)14)25-11-5-9(8-21)4-10(18)6-11/h2-6,16,22H,7H2,1H3/t16-/m0/s1. The molecule has 0 bridgehead atoms. The predicted octanol–water partition coefficient (Wildman–Crippen LogP) is 3.12. The molecule has 5 nitrogen and oxygen atoms in total. The third-order valence-corrected chi connectivity index (χ3v) is 5.14. The lowest BCUT2D eigenvalue weighted by molar-refractivity contribution is -0.0976. The van der Waals surface area contributed by atoms with Crippen LogP contribution in [0.1, 0.15) is 22.8 Å². The van der Waals surface area contributed by atoms with Crippen LogP contribution in [0, 0.1) is 17.1 Å². The summed E-state index contributed by atoms with van der Waals surface area (Å²) < 4.78 is 70.7. The first-order valence-electron chi connectivity index (χ1n) is 7.33. The molecule has 2 aromatic rings. The van der Waals surface area contributed by atoms with E-state index < -0.39 is 44.6 Å². The van der Waals surface area contributed by atoms with Crippen molar-refractivity contribution in [1.29, 1.82) is 5.26 Å². The van der Waals surface area contributed by atoms with Gasteiger partial charge in [0.15, 0.2) is 9.84 Å². The first-order chi connectivity index (χ1) is 12.0. The van der Waals surface area contributed by atoms with E-state index in [9.17, 15) is 26.7 Å². The molecule has 0 amide bonds. The second kappa shape index (κ2) is 6.00. The zero-order valence-electron chi connectivity index (χ0n) is 13.3. The van der Waals surface area contributed by atoms with Gasteiger partial charge in [-0.25, -0.2) is 21.6 Å². The molecule has 0 fully saturated rings. The van der Waals surface area contributed by atoms with Crippen LogP contribution in [0.2, 0.25) is 0 Å². The first kappa shape index (κ1) is 18.2. The maximum Gasteiger partial charge on any atom is 0.281 e. The Balaban J connectivity index is 2.15. The van der Waals surface area contributed by atoms with Crippen molar-refractivity contribution in [3.05, 3.63) is 52.8 Å². The van der Waals surface area contributed by atoms with E-state index >= 15 is 0 Å². The average molecular weight is 383 g/mol. The second-order valence-corrected chi connectivity index (χ2v) is 7.94. The number of hydrogen-bond donors (Lipinski definition) is 1. The number of benzene rings is 2. The zero-order valence-corrected chi connectivity index (χ0v) is 14.1. The van der Waals surface area contributed by atoms with Crippen LogP contribution in [0.5, 0.6) is 11.5 Å². The SMILES string of the molecule is CS(=O)(=O)c1ccc(Oc2cc(F)cc(C#N)c2)c2c1[C@H](O)C(F)(F)C2. The molecule has 1 aliphatic rings. The molecule has 1 N–H and O–H groups in total. The van der Waals surface area contributed by atoms with Gasteiger partial charge in [0.2, 0.25) is 0 Å². The smallest absolute Gasteiger partial charge is 0.281 e. The summed E-state index contributed by atoms with van der Waals surface area (Å²) in [7, 11) is -3.87. The van der Waals surface area contributed by atoms with Crippen molar-refractivity contribution in [1.82, 2.24) is 0 Å². The van der Waals surface area contributed by atoms with Crippen molar-refractivity contribution in [2.75, 3.05) is 6.26 Å². The molecule has 0 spiro atoms. The van der Waals surface area contributed by atoms with Crippen LogP contribution in [-0.2, 0) is 16.3 Å². The fraction of sp³-hybridized carbons (Fsp3) is 0.235. The van der Waals surface area contributed by atoms with Crippen LogP contribution in [-0.4, -0.2) is 25.7 Å². The van der Waals surface area contributed by atoms with Crippen LogP contribution < -0.4 is 4.74 Å². The Kier molecular flexibility index (Phi) is 4.21. The van der Waals surface area contributed by atoms with E-state index in [0.29, 0.717) is 0 Å². The van der Waals surface area contributed by atoms with Crippen molar-refractivity contribution in [3.8, 4) is 17.6 Å². The fourth-order valence-electron chi connectivity index (χ4n) is 2.88. The van der Waals surface area contributed by atoms with E-state index in [4.69, 9.17) is 10.00 Å². The highest BCUT2D eigenvalue weighted by molar-refractivity contribution is 7.90. The highest BCUT2D eigenvalue weighted by Gasteiger charge is 2.50. The molecule has 0 aliphatic heterocycles. The molecule has 9 heteroatoms. The molecule has 0 aromatic heterocycles. The van der Waals surface area contributed by atoms with Gasteiger partial charge in [0.25, 0.3) is 5.92 Å². The Labute approximate surface area is 147 Å². The van der Waals surface area contributed by atoms with Crippen LogP contribution in [0.25, 0.3) is 0 Å². The van der Waals surface area contributed by atoms with Gasteiger partial charge >= 0.3 is 0 Å². The van der Waals surface area contributed by atoms with E-state index in [2.05, 4.69) is 0 Å². The third-order valence-electron chi connectivity index (χ3n) is 3.99. The maximum absolute atomic E-state index is 14.0. The largest absolute Gasteiger partial charge is 0.457 e. The van der Waals surface area contributed by atoms with Crippen LogP contribution >= 0.6 is 0 Å². The summed E-state index contributed by atoms with van der Waals surface area (Å²) in [6, 6.07) is 7.10. The summed E-state index contributed by atoms with van der Waals surface area (Å²) in [5.74, 6) is -4.58. The number of rotatable bonds is 3. The average Bonchev–Trinajstić information content (AvgIpc) is 2.77. The molecular weight excluding hydrogens is 371 g/mol. The Morgan fingerprint density at radius 1 is 1.31 bits per heavy atom. The minimum Gasteiger partial charge on any atom is -0.457 e. The van der Waals surface area contributed by atoms with E-state index in [1.165, 1.54) is 12.1 Å². The molecule has 1 atom stereocenters. The van der Waals surface area contributed by atoms with Gasteiger partial charge < -0.3 is 9.84 Å². The minimum atomic E-state index is -3.87. The lowest BCUT2D eigenvalue weighted by Crippen LogP contribution is -2.22. The number of halogens is 3. The number of fused-ring (bicyclic) bond motifs is 1. The van der Waals surface area contributed by atoms with Crippen molar-refractivity contribution in [2.24, 2.45) is 0 Å². The van der Waals surface area contributed by atoms with E-state index in [1.807, 2.05) is 0 Å². The summed E-state index contributed by atoms with van der Waals surface area (Å²) >= 11 is 0. The summed E-state index contributed by atoms with van der Waals surface area (Å²) in [5.41, 5.74) is -0.630. The molecule has 0 saturated heterocycles. The van der Waals surface area contributed by atoms with Gasteiger partial charge in [0.1, 0.15) is 23.4 Å². The fourth-order valence-corrected chi connectivity index (χ4v) is 3.83. The molecule has 0 saturated carbocycles. The second-order valence-electron chi connectivity index (χ2n) is 5.96. The van der Waals surface area contributed by atoms with E-state index in [0.717, 1.165) is 24.5 Å². The number of aliphatic hydroxyl groups excluding tert-OH is 1. The van der Waals surface area contributed by atoms with E-state index in [-0.39, 0.29) is 22.6 Å². The van der Waals surface area contributed by atoms with Crippen LogP contribution in [0.15, 0.2) is 35.2 Å². The Bertz CT molecular complexity index is 1040. The quantitative estimate of drug-likeness (QED) is 0.880. The van der Waals surface area contributed by atoms with Gasteiger partial charge in [-0.15, -0.1) is 0 Å². The lowest BCUT2D eigenvalue weighted by atomic mass is 10.1. The Hall–Kier alpha value is -2.57. The van der Waals surface area contributed by atoms with Gasteiger partial charge in [-0.2, -0.15) is 5.26 Å². The van der Waals surface area contributed by atoms with Gasteiger partial charge in [-0.3, -0.25) is 0 Å². The molecular formula is C17H12F3NO4S. The van der Waals surface area contributed by atoms with Gasteiger partial charge in [0.05, 0.1) is 16.5 Å². The first-order valence-corrected chi connectivity index (χ1v) is 9.22. The van der Waals surface area contributed by atoms with Crippen molar-refractivity contribution in [3.63, 3.8) is 0 Å².